The summed E-state index contributed by atoms with van der Waals surface area (Å²) in [6.07, 6.45) is 2.25. The molecule has 3 aromatic rings. The summed E-state index contributed by atoms with van der Waals surface area (Å²) < 4.78 is 14.8. The van der Waals surface area contributed by atoms with E-state index < -0.39 is 0 Å². The first-order chi connectivity index (χ1) is 13.5. The molecule has 28 heavy (non-hydrogen) atoms. The van der Waals surface area contributed by atoms with Gasteiger partial charge in [-0.3, -0.25) is 14.9 Å². The Hall–Kier alpha value is -3.48. The lowest BCUT2D eigenvalue weighted by molar-refractivity contribution is -0.118. The Morgan fingerprint density at radius 2 is 1.96 bits per heavy atom. The van der Waals surface area contributed by atoms with E-state index in [1.807, 2.05) is 24.3 Å². The number of hydrogen-bond donors (Lipinski definition) is 2. The molecule has 1 aliphatic heterocycles. The molecule has 0 spiro atoms. The Labute approximate surface area is 161 Å². The van der Waals surface area contributed by atoms with Crippen molar-refractivity contribution >= 4 is 23.5 Å². The van der Waals surface area contributed by atoms with E-state index in [1.54, 1.807) is 29.9 Å². The van der Waals surface area contributed by atoms with E-state index in [4.69, 9.17) is 0 Å². The molecule has 1 aliphatic rings. The number of carbonyl (C=O) groups is 2. The van der Waals surface area contributed by atoms with Gasteiger partial charge in [0.1, 0.15) is 5.82 Å². The van der Waals surface area contributed by atoms with Crippen molar-refractivity contribution < 1.29 is 14.0 Å². The summed E-state index contributed by atoms with van der Waals surface area (Å²) in [5.41, 5.74) is 3.30. The van der Waals surface area contributed by atoms with Gasteiger partial charge in [0.25, 0.3) is 0 Å². The SMILES string of the molecule is Cn1c(-c2ccc(F)cc2)cnc1NC(=O)CC[C@@H]1C(=O)Nc2ccccc21. The van der Waals surface area contributed by atoms with E-state index in [2.05, 4.69) is 15.6 Å². The monoisotopic (exact) mass is 378 g/mol. The summed E-state index contributed by atoms with van der Waals surface area (Å²) in [7, 11) is 1.78. The summed E-state index contributed by atoms with van der Waals surface area (Å²) >= 11 is 0. The molecule has 4 rings (SSSR count). The van der Waals surface area contributed by atoms with Crippen LogP contribution in [0.2, 0.25) is 0 Å². The maximum atomic E-state index is 13.1. The number of hydrogen-bond acceptors (Lipinski definition) is 3. The fourth-order valence-corrected chi connectivity index (χ4v) is 3.44. The van der Waals surface area contributed by atoms with E-state index in [1.165, 1.54) is 12.1 Å². The Morgan fingerprint density at radius 1 is 1.21 bits per heavy atom. The average Bonchev–Trinajstić information content (AvgIpc) is 3.20. The molecule has 2 aromatic carbocycles. The summed E-state index contributed by atoms with van der Waals surface area (Å²) in [5.74, 6) is -0.517. The highest BCUT2D eigenvalue weighted by atomic mass is 19.1. The van der Waals surface area contributed by atoms with Crippen LogP contribution in [0, 0.1) is 5.82 Å². The van der Waals surface area contributed by atoms with Gasteiger partial charge in [0.2, 0.25) is 17.8 Å². The minimum absolute atomic E-state index is 0.0791. The zero-order chi connectivity index (χ0) is 19.7. The second-order valence-corrected chi connectivity index (χ2v) is 6.75. The maximum absolute atomic E-state index is 13.1. The standard InChI is InChI=1S/C21H19FN4O2/c1-26-18(13-6-8-14(22)9-7-13)12-23-21(26)25-19(27)11-10-16-15-4-2-3-5-17(15)24-20(16)28/h2-9,12,16H,10-11H2,1H3,(H,24,28)(H,23,25,27)/t16-/m0/s1. The van der Waals surface area contributed by atoms with E-state index in [-0.39, 0.29) is 30.0 Å². The minimum Gasteiger partial charge on any atom is -0.325 e. The lowest BCUT2D eigenvalue weighted by Crippen LogP contribution is -2.18. The summed E-state index contributed by atoms with van der Waals surface area (Å²) in [6, 6.07) is 13.6. The molecule has 0 saturated carbocycles. The molecule has 1 aromatic heterocycles. The summed E-state index contributed by atoms with van der Waals surface area (Å²) in [6.45, 7) is 0. The first-order valence-corrected chi connectivity index (χ1v) is 9.00. The Bertz CT molecular complexity index is 1040. The van der Waals surface area contributed by atoms with Crippen molar-refractivity contribution in [2.24, 2.45) is 7.05 Å². The first-order valence-electron chi connectivity index (χ1n) is 9.00. The number of para-hydroxylation sites is 1. The van der Waals surface area contributed by atoms with Crippen LogP contribution in [0.25, 0.3) is 11.3 Å². The second-order valence-electron chi connectivity index (χ2n) is 6.75. The number of carbonyl (C=O) groups excluding carboxylic acids is 2. The van der Waals surface area contributed by atoms with Crippen molar-refractivity contribution in [1.82, 2.24) is 9.55 Å². The van der Waals surface area contributed by atoms with Crippen molar-refractivity contribution in [3.05, 3.63) is 66.1 Å². The van der Waals surface area contributed by atoms with Crippen LogP contribution in [0.4, 0.5) is 16.0 Å². The largest absolute Gasteiger partial charge is 0.325 e. The molecule has 0 unspecified atom stereocenters. The number of aromatic nitrogens is 2. The van der Waals surface area contributed by atoms with E-state index >= 15 is 0 Å². The van der Waals surface area contributed by atoms with Crippen LogP contribution >= 0.6 is 0 Å². The summed E-state index contributed by atoms with van der Waals surface area (Å²) in [4.78, 5) is 28.8. The van der Waals surface area contributed by atoms with Gasteiger partial charge in [0.15, 0.2) is 0 Å². The third kappa shape index (κ3) is 3.38. The van der Waals surface area contributed by atoms with Gasteiger partial charge in [-0.15, -0.1) is 0 Å². The molecule has 2 heterocycles. The van der Waals surface area contributed by atoms with Gasteiger partial charge < -0.3 is 9.88 Å². The number of nitrogens with one attached hydrogen (secondary N) is 2. The van der Waals surface area contributed by atoms with E-state index in [9.17, 15) is 14.0 Å². The molecule has 1 atom stereocenters. The number of rotatable bonds is 5. The lowest BCUT2D eigenvalue weighted by Gasteiger charge is -2.10. The van der Waals surface area contributed by atoms with Gasteiger partial charge in [0.05, 0.1) is 17.8 Å². The van der Waals surface area contributed by atoms with Gasteiger partial charge in [-0.2, -0.15) is 0 Å². The number of anilines is 2. The van der Waals surface area contributed by atoms with Crippen LogP contribution in [0.5, 0.6) is 0 Å². The zero-order valence-electron chi connectivity index (χ0n) is 15.3. The number of nitrogens with zero attached hydrogens (tertiary/aromatic N) is 2. The van der Waals surface area contributed by atoms with Crippen molar-refractivity contribution in [3.8, 4) is 11.3 Å². The molecular weight excluding hydrogens is 359 g/mol. The van der Waals surface area contributed by atoms with Crippen LogP contribution in [0.3, 0.4) is 0 Å². The van der Waals surface area contributed by atoms with Crippen LogP contribution in [0.15, 0.2) is 54.7 Å². The van der Waals surface area contributed by atoms with Crippen molar-refractivity contribution in [1.29, 1.82) is 0 Å². The van der Waals surface area contributed by atoms with E-state index in [0.29, 0.717) is 12.4 Å². The molecule has 0 saturated heterocycles. The van der Waals surface area contributed by atoms with Crippen LogP contribution in [0.1, 0.15) is 24.3 Å². The van der Waals surface area contributed by atoms with Gasteiger partial charge >= 0.3 is 0 Å². The van der Waals surface area contributed by atoms with Gasteiger partial charge in [0, 0.05) is 24.7 Å². The molecule has 0 bridgehead atoms. The van der Waals surface area contributed by atoms with Gasteiger partial charge in [-0.1, -0.05) is 18.2 Å². The number of amides is 2. The number of halogens is 1. The Morgan fingerprint density at radius 3 is 2.75 bits per heavy atom. The molecule has 0 aliphatic carbocycles. The highest BCUT2D eigenvalue weighted by Gasteiger charge is 2.30. The maximum Gasteiger partial charge on any atom is 0.232 e. The third-order valence-corrected chi connectivity index (χ3v) is 4.95. The predicted molar refractivity (Wildman–Crippen MR) is 104 cm³/mol. The molecule has 0 radical (unpaired) electrons. The summed E-state index contributed by atoms with van der Waals surface area (Å²) in [5, 5.41) is 5.62. The fourth-order valence-electron chi connectivity index (χ4n) is 3.44. The molecule has 7 heteroatoms. The number of fused-ring (bicyclic) bond motifs is 1. The molecule has 2 amide bonds. The normalized spacial score (nSPS) is 15.2. The molecule has 142 valence electrons. The average molecular weight is 378 g/mol. The lowest BCUT2D eigenvalue weighted by atomic mass is 9.95. The highest BCUT2D eigenvalue weighted by molar-refractivity contribution is 6.03. The highest BCUT2D eigenvalue weighted by Crippen LogP contribution is 2.35. The second kappa shape index (κ2) is 7.26. The molecule has 0 fully saturated rings. The quantitative estimate of drug-likeness (QED) is 0.711. The van der Waals surface area contributed by atoms with Crippen LogP contribution in [-0.2, 0) is 16.6 Å². The third-order valence-electron chi connectivity index (χ3n) is 4.95. The first kappa shape index (κ1) is 17.9. The Kier molecular flexibility index (Phi) is 4.65. The number of benzene rings is 2. The van der Waals surface area contributed by atoms with Crippen molar-refractivity contribution in [3.63, 3.8) is 0 Å². The molecule has 2 N–H and O–H groups in total. The van der Waals surface area contributed by atoms with Crippen molar-refractivity contribution in [2.75, 3.05) is 10.6 Å². The topological polar surface area (TPSA) is 76.0 Å². The van der Waals surface area contributed by atoms with Crippen molar-refractivity contribution in [2.45, 2.75) is 18.8 Å². The minimum atomic E-state index is -0.321. The zero-order valence-corrected chi connectivity index (χ0v) is 15.3. The van der Waals surface area contributed by atoms with Gasteiger partial charge in [-0.05, 0) is 42.3 Å². The van der Waals surface area contributed by atoms with Crippen LogP contribution in [-0.4, -0.2) is 21.4 Å². The van der Waals surface area contributed by atoms with Crippen LogP contribution < -0.4 is 10.6 Å². The smallest absolute Gasteiger partial charge is 0.232 e. The predicted octanol–water partition coefficient (Wildman–Crippen LogP) is 3.68. The Balaban J connectivity index is 1.41. The van der Waals surface area contributed by atoms with Gasteiger partial charge in [-0.25, -0.2) is 9.37 Å². The molecular formula is C21H19FN4O2. The van der Waals surface area contributed by atoms with E-state index in [0.717, 1.165) is 22.5 Å². The fraction of sp³-hybridized carbons (Fsp3) is 0.190. The number of imidazole rings is 1. The molecule has 6 nitrogen and oxygen atoms in total.